The maximum Gasteiger partial charge on any atom is 0.233 e. The molecule has 1 unspecified atom stereocenters. The fraction of sp³-hybridized carbons (Fsp3) is 0.286. The molecule has 0 fully saturated rings. The zero-order chi connectivity index (χ0) is 19.1. The molecule has 2 aromatic heterocycles. The summed E-state index contributed by atoms with van der Waals surface area (Å²) in [6, 6.07) is 16.9. The quantitative estimate of drug-likeness (QED) is 0.464. The molecule has 5 nitrogen and oxygen atoms in total. The van der Waals surface area contributed by atoms with Crippen molar-refractivity contribution in [2.24, 2.45) is 0 Å². The Morgan fingerprint density at radius 1 is 1.21 bits per heavy atom. The molecule has 0 saturated heterocycles. The summed E-state index contributed by atoms with van der Waals surface area (Å²) in [6.45, 7) is 0. The zero-order valence-electron chi connectivity index (χ0n) is 15.5. The fourth-order valence-electron chi connectivity index (χ4n) is 3.98. The predicted molar refractivity (Wildman–Crippen MR) is 114 cm³/mol. The Hall–Kier alpha value is -2.38. The van der Waals surface area contributed by atoms with Crippen LogP contribution in [0, 0.1) is 0 Å². The normalized spacial score (nSPS) is 16.4. The van der Waals surface area contributed by atoms with Crippen molar-refractivity contribution in [1.82, 2.24) is 19.5 Å². The molecule has 1 amide bonds. The Kier molecular flexibility index (Phi) is 4.56. The number of benzene rings is 2. The molecule has 142 valence electrons. The van der Waals surface area contributed by atoms with E-state index in [9.17, 15) is 4.79 Å². The van der Waals surface area contributed by atoms with Gasteiger partial charge in [0.1, 0.15) is 0 Å². The first-order valence-electron chi connectivity index (χ1n) is 9.41. The highest BCUT2D eigenvalue weighted by Gasteiger charge is 2.26. The maximum atomic E-state index is 12.9. The lowest BCUT2D eigenvalue weighted by Crippen LogP contribution is -2.34. The number of para-hydroxylation sites is 1. The van der Waals surface area contributed by atoms with Gasteiger partial charge in [-0.3, -0.25) is 9.20 Å². The number of thiazole rings is 1. The Bertz CT molecular complexity index is 1170. The van der Waals surface area contributed by atoms with Gasteiger partial charge in [0.25, 0.3) is 0 Å². The monoisotopic (exact) mass is 408 g/mol. The molecule has 2 heterocycles. The van der Waals surface area contributed by atoms with E-state index in [1.54, 1.807) is 11.3 Å². The SMILES string of the molecule is CN(C(=O)CSc1nnc2sc3ccccc3n12)C1CCCc2ccccc21. The largest absolute Gasteiger partial charge is 0.338 e. The molecule has 2 aromatic carbocycles. The van der Waals surface area contributed by atoms with Crippen molar-refractivity contribution < 1.29 is 4.79 Å². The molecule has 0 spiro atoms. The second-order valence-corrected chi connectivity index (χ2v) is 9.02. The number of aryl methyl sites for hydroxylation is 1. The summed E-state index contributed by atoms with van der Waals surface area (Å²) in [4.78, 5) is 15.7. The van der Waals surface area contributed by atoms with Gasteiger partial charge in [-0.1, -0.05) is 59.5 Å². The summed E-state index contributed by atoms with van der Waals surface area (Å²) in [7, 11) is 1.93. The minimum absolute atomic E-state index is 0.128. The highest BCUT2D eigenvalue weighted by atomic mass is 32.2. The van der Waals surface area contributed by atoms with E-state index in [-0.39, 0.29) is 11.9 Å². The number of nitrogens with zero attached hydrogens (tertiary/aromatic N) is 4. The van der Waals surface area contributed by atoms with E-state index in [4.69, 9.17) is 0 Å². The molecule has 0 saturated carbocycles. The zero-order valence-corrected chi connectivity index (χ0v) is 17.2. The van der Waals surface area contributed by atoms with Crippen molar-refractivity contribution in [2.45, 2.75) is 30.5 Å². The second kappa shape index (κ2) is 7.22. The van der Waals surface area contributed by atoms with Crippen molar-refractivity contribution >= 4 is 44.2 Å². The fourth-order valence-corrected chi connectivity index (χ4v) is 5.87. The van der Waals surface area contributed by atoms with E-state index in [1.807, 2.05) is 28.5 Å². The van der Waals surface area contributed by atoms with Crippen LogP contribution in [0.2, 0.25) is 0 Å². The van der Waals surface area contributed by atoms with E-state index >= 15 is 0 Å². The Labute approximate surface area is 171 Å². The van der Waals surface area contributed by atoms with E-state index in [1.165, 1.54) is 27.6 Å². The van der Waals surface area contributed by atoms with Crippen molar-refractivity contribution in [1.29, 1.82) is 0 Å². The average Bonchev–Trinajstić information content (AvgIpc) is 3.30. The number of carbonyl (C=O) groups is 1. The minimum Gasteiger partial charge on any atom is -0.338 e. The smallest absolute Gasteiger partial charge is 0.233 e. The van der Waals surface area contributed by atoms with Crippen LogP contribution in [0.1, 0.15) is 30.0 Å². The summed E-state index contributed by atoms with van der Waals surface area (Å²) in [5.41, 5.74) is 3.76. The third-order valence-corrected chi connectivity index (χ3v) is 7.36. The van der Waals surface area contributed by atoms with Gasteiger partial charge in [0, 0.05) is 7.05 Å². The van der Waals surface area contributed by atoms with Crippen LogP contribution < -0.4 is 0 Å². The summed E-state index contributed by atoms with van der Waals surface area (Å²) in [5, 5.41) is 9.36. The van der Waals surface area contributed by atoms with Crippen molar-refractivity contribution in [3.8, 4) is 0 Å². The highest BCUT2D eigenvalue weighted by Crippen LogP contribution is 2.34. The topological polar surface area (TPSA) is 50.5 Å². The van der Waals surface area contributed by atoms with Gasteiger partial charge < -0.3 is 4.90 Å². The van der Waals surface area contributed by atoms with E-state index in [0.717, 1.165) is 34.9 Å². The molecule has 1 atom stereocenters. The van der Waals surface area contributed by atoms with Gasteiger partial charge in [-0.15, -0.1) is 10.2 Å². The van der Waals surface area contributed by atoms with Crippen LogP contribution in [-0.2, 0) is 11.2 Å². The molecule has 1 aliphatic rings. The summed E-state index contributed by atoms with van der Waals surface area (Å²) >= 11 is 3.08. The van der Waals surface area contributed by atoms with Gasteiger partial charge in [0.05, 0.1) is 22.0 Å². The average molecular weight is 409 g/mol. The molecule has 4 aromatic rings. The van der Waals surface area contributed by atoms with Crippen molar-refractivity contribution in [3.05, 3.63) is 59.7 Å². The molecule has 0 N–H and O–H groups in total. The summed E-state index contributed by atoms with van der Waals surface area (Å²) in [5.74, 6) is 0.489. The molecule has 0 bridgehead atoms. The minimum atomic E-state index is 0.128. The first-order chi connectivity index (χ1) is 13.7. The number of amides is 1. The second-order valence-electron chi connectivity index (χ2n) is 7.07. The van der Waals surface area contributed by atoms with Crippen LogP contribution in [0.4, 0.5) is 0 Å². The van der Waals surface area contributed by atoms with Gasteiger partial charge in [0.15, 0.2) is 5.16 Å². The van der Waals surface area contributed by atoms with Gasteiger partial charge in [0.2, 0.25) is 10.9 Å². The van der Waals surface area contributed by atoms with Crippen LogP contribution in [-0.4, -0.2) is 38.2 Å². The molecular formula is C21H20N4OS2. The van der Waals surface area contributed by atoms with Crippen LogP contribution >= 0.6 is 23.1 Å². The number of thioether (sulfide) groups is 1. The lowest BCUT2D eigenvalue weighted by Gasteiger charge is -2.33. The number of hydrogen-bond donors (Lipinski definition) is 0. The lowest BCUT2D eigenvalue weighted by molar-refractivity contribution is -0.129. The number of carbonyl (C=O) groups excluding carboxylic acids is 1. The molecule has 7 heteroatoms. The molecule has 1 aliphatic carbocycles. The highest BCUT2D eigenvalue weighted by molar-refractivity contribution is 7.99. The lowest BCUT2D eigenvalue weighted by atomic mass is 9.87. The summed E-state index contributed by atoms with van der Waals surface area (Å²) in [6.07, 6.45) is 3.25. The van der Waals surface area contributed by atoms with Crippen LogP contribution in [0.3, 0.4) is 0 Å². The molecule has 5 rings (SSSR count). The van der Waals surface area contributed by atoms with Crippen LogP contribution in [0.15, 0.2) is 53.7 Å². The van der Waals surface area contributed by atoms with Crippen molar-refractivity contribution in [3.63, 3.8) is 0 Å². The van der Waals surface area contributed by atoms with E-state index < -0.39 is 0 Å². The number of hydrogen-bond acceptors (Lipinski definition) is 5. The third-order valence-electron chi connectivity index (χ3n) is 5.43. The first-order valence-corrected chi connectivity index (χ1v) is 11.2. The molecular weight excluding hydrogens is 388 g/mol. The molecule has 0 radical (unpaired) electrons. The Morgan fingerprint density at radius 3 is 2.96 bits per heavy atom. The number of rotatable bonds is 4. The first kappa shape index (κ1) is 17.7. The van der Waals surface area contributed by atoms with Gasteiger partial charge in [-0.25, -0.2) is 0 Å². The van der Waals surface area contributed by atoms with Crippen molar-refractivity contribution in [2.75, 3.05) is 12.8 Å². The predicted octanol–water partition coefficient (Wildman–Crippen LogP) is 4.57. The molecule has 28 heavy (non-hydrogen) atoms. The van der Waals surface area contributed by atoms with E-state index in [0.29, 0.717) is 5.75 Å². The van der Waals surface area contributed by atoms with E-state index in [2.05, 4.69) is 46.6 Å². The number of fused-ring (bicyclic) bond motifs is 4. The maximum absolute atomic E-state index is 12.9. The standard InChI is InChI=1S/C21H20N4OS2/c1-24(16-11-6-8-14-7-2-3-9-15(14)16)19(26)13-27-20-22-23-21-25(20)17-10-4-5-12-18(17)28-21/h2-5,7,9-10,12,16H,6,8,11,13H2,1H3. The number of aromatic nitrogens is 3. The van der Waals surface area contributed by atoms with Gasteiger partial charge in [-0.2, -0.15) is 0 Å². The summed E-state index contributed by atoms with van der Waals surface area (Å²) < 4.78 is 3.23. The van der Waals surface area contributed by atoms with Gasteiger partial charge >= 0.3 is 0 Å². The van der Waals surface area contributed by atoms with Crippen LogP contribution in [0.5, 0.6) is 0 Å². The van der Waals surface area contributed by atoms with Crippen LogP contribution in [0.25, 0.3) is 15.2 Å². The molecule has 0 aliphatic heterocycles. The third kappa shape index (κ3) is 2.99. The van der Waals surface area contributed by atoms with Gasteiger partial charge in [-0.05, 0) is 42.5 Å². The Morgan fingerprint density at radius 2 is 2.04 bits per heavy atom. The Balaban J connectivity index is 1.35.